The smallest absolute Gasteiger partial charge is 0.0488 e. The summed E-state index contributed by atoms with van der Waals surface area (Å²) in [4.78, 5) is 0. The van der Waals surface area contributed by atoms with Crippen LogP contribution in [0.5, 0.6) is 0 Å². The van der Waals surface area contributed by atoms with Gasteiger partial charge in [0.1, 0.15) is 0 Å². The maximum absolute atomic E-state index is 9.20. The molecule has 4 rings (SSSR count). The first-order valence-electron chi connectivity index (χ1n) is 5.36. The number of hydrogen-bond acceptors (Lipinski definition) is 1. The molecule has 1 nitrogen and oxygen atoms in total. The third kappa shape index (κ3) is 0.885. The van der Waals surface area contributed by atoms with Crippen LogP contribution in [0.2, 0.25) is 0 Å². The number of aliphatic hydroxyl groups excluding tert-OH is 1. The Hall–Kier alpha value is -0.820. The summed E-state index contributed by atoms with van der Waals surface area (Å²) in [5, 5.41) is 9.20. The van der Waals surface area contributed by atoms with E-state index in [0.29, 0.717) is 17.4 Å². The standard InChI is InChI=1S/C13H16O/c1-10-3-2-4-11(5-10)13-6-12(7-13,8-13)9-14/h2-5,14H,6-9H2,1H3. The quantitative estimate of drug-likeness (QED) is 0.755. The Labute approximate surface area is 84.8 Å². The third-order valence-electron chi connectivity index (χ3n) is 4.11. The molecule has 1 aromatic rings. The molecule has 0 unspecified atom stereocenters. The van der Waals surface area contributed by atoms with Gasteiger partial charge in [-0.1, -0.05) is 29.8 Å². The lowest BCUT2D eigenvalue weighted by molar-refractivity contribution is -0.167. The zero-order valence-corrected chi connectivity index (χ0v) is 8.59. The zero-order chi connectivity index (χ0) is 9.81. The minimum Gasteiger partial charge on any atom is -0.396 e. The molecule has 74 valence electrons. The first-order chi connectivity index (χ1) is 6.68. The van der Waals surface area contributed by atoms with Gasteiger partial charge in [-0.2, -0.15) is 0 Å². The summed E-state index contributed by atoms with van der Waals surface area (Å²) in [5.41, 5.74) is 3.62. The summed E-state index contributed by atoms with van der Waals surface area (Å²) in [6, 6.07) is 8.85. The van der Waals surface area contributed by atoms with E-state index in [0.717, 1.165) is 0 Å². The number of hydrogen-bond donors (Lipinski definition) is 1. The van der Waals surface area contributed by atoms with Crippen LogP contribution in [0, 0.1) is 12.3 Å². The molecule has 0 aromatic heterocycles. The second kappa shape index (κ2) is 2.40. The summed E-state index contributed by atoms with van der Waals surface area (Å²) in [7, 11) is 0. The van der Waals surface area contributed by atoms with Crippen molar-refractivity contribution in [2.24, 2.45) is 5.41 Å². The van der Waals surface area contributed by atoms with E-state index in [4.69, 9.17) is 0 Å². The normalized spacial score (nSPS) is 38.7. The van der Waals surface area contributed by atoms with Gasteiger partial charge in [0, 0.05) is 6.61 Å². The van der Waals surface area contributed by atoms with E-state index in [2.05, 4.69) is 31.2 Å². The van der Waals surface area contributed by atoms with Crippen LogP contribution in [0.1, 0.15) is 30.4 Å². The fourth-order valence-corrected chi connectivity index (χ4v) is 3.45. The van der Waals surface area contributed by atoms with E-state index >= 15 is 0 Å². The van der Waals surface area contributed by atoms with E-state index in [-0.39, 0.29) is 0 Å². The molecule has 0 radical (unpaired) electrons. The molecule has 1 aromatic carbocycles. The van der Waals surface area contributed by atoms with E-state index < -0.39 is 0 Å². The highest BCUT2D eigenvalue weighted by molar-refractivity contribution is 5.40. The molecule has 2 bridgehead atoms. The molecule has 3 fully saturated rings. The van der Waals surface area contributed by atoms with Crippen LogP contribution in [0.3, 0.4) is 0 Å². The van der Waals surface area contributed by atoms with Crippen LogP contribution in [0.4, 0.5) is 0 Å². The molecule has 3 aliphatic rings. The van der Waals surface area contributed by atoms with Crippen LogP contribution in [0.25, 0.3) is 0 Å². The van der Waals surface area contributed by atoms with Crippen molar-refractivity contribution < 1.29 is 5.11 Å². The predicted molar refractivity (Wildman–Crippen MR) is 56.2 cm³/mol. The SMILES string of the molecule is Cc1cccc(C23CC(CO)(C2)C3)c1. The molecule has 0 saturated heterocycles. The second-order valence-corrected chi connectivity index (χ2v) is 5.34. The molecule has 1 heteroatoms. The van der Waals surface area contributed by atoms with Gasteiger partial charge in [-0.3, -0.25) is 0 Å². The Morgan fingerprint density at radius 2 is 2.00 bits per heavy atom. The maximum atomic E-state index is 9.20. The Kier molecular flexibility index (Phi) is 1.46. The molecule has 0 amide bonds. The molecule has 3 aliphatic carbocycles. The second-order valence-electron chi connectivity index (χ2n) is 5.34. The van der Waals surface area contributed by atoms with Crippen molar-refractivity contribution in [2.45, 2.75) is 31.6 Å². The van der Waals surface area contributed by atoms with E-state index in [1.165, 1.54) is 30.4 Å². The molecule has 14 heavy (non-hydrogen) atoms. The third-order valence-corrected chi connectivity index (χ3v) is 4.11. The van der Waals surface area contributed by atoms with Gasteiger partial charge in [-0.15, -0.1) is 0 Å². The lowest BCUT2D eigenvalue weighted by Gasteiger charge is -2.70. The van der Waals surface area contributed by atoms with Crippen molar-refractivity contribution in [3.05, 3.63) is 35.4 Å². The molecule has 0 aliphatic heterocycles. The summed E-state index contributed by atoms with van der Waals surface area (Å²) < 4.78 is 0. The monoisotopic (exact) mass is 188 g/mol. The number of benzene rings is 1. The summed E-state index contributed by atoms with van der Waals surface area (Å²) in [5.74, 6) is 0. The number of rotatable bonds is 2. The lowest BCUT2D eigenvalue weighted by atomic mass is 9.34. The van der Waals surface area contributed by atoms with Gasteiger partial charge in [-0.25, -0.2) is 0 Å². The van der Waals surface area contributed by atoms with Gasteiger partial charge < -0.3 is 5.11 Å². The number of aryl methyl sites for hydroxylation is 1. The van der Waals surface area contributed by atoms with Crippen LogP contribution < -0.4 is 0 Å². The summed E-state index contributed by atoms with van der Waals surface area (Å²) in [6.07, 6.45) is 3.62. The molecule has 0 spiro atoms. The lowest BCUT2D eigenvalue weighted by Crippen LogP contribution is -2.66. The zero-order valence-electron chi connectivity index (χ0n) is 8.59. The van der Waals surface area contributed by atoms with Crippen LogP contribution in [-0.2, 0) is 5.41 Å². The fourth-order valence-electron chi connectivity index (χ4n) is 3.45. The minimum atomic E-state index is 0.323. The van der Waals surface area contributed by atoms with Gasteiger partial charge in [0.25, 0.3) is 0 Å². The van der Waals surface area contributed by atoms with Crippen molar-refractivity contribution in [3.8, 4) is 0 Å². The average Bonchev–Trinajstić information content (AvgIpc) is 2.00. The largest absolute Gasteiger partial charge is 0.396 e. The van der Waals surface area contributed by atoms with Gasteiger partial charge in [0.15, 0.2) is 0 Å². The summed E-state index contributed by atoms with van der Waals surface area (Å²) >= 11 is 0. The van der Waals surface area contributed by atoms with Gasteiger partial charge in [0.05, 0.1) is 0 Å². The highest BCUT2D eigenvalue weighted by Crippen LogP contribution is 2.73. The minimum absolute atomic E-state index is 0.323. The Morgan fingerprint density at radius 3 is 2.57 bits per heavy atom. The molecular formula is C13H16O. The molecule has 1 N–H and O–H groups in total. The van der Waals surface area contributed by atoms with Crippen molar-refractivity contribution in [1.29, 1.82) is 0 Å². The van der Waals surface area contributed by atoms with Crippen LogP contribution >= 0.6 is 0 Å². The Balaban J connectivity index is 1.87. The van der Waals surface area contributed by atoms with Gasteiger partial charge in [-0.05, 0) is 42.6 Å². The maximum Gasteiger partial charge on any atom is 0.0488 e. The molecule has 3 saturated carbocycles. The van der Waals surface area contributed by atoms with E-state index in [9.17, 15) is 5.11 Å². The Bertz CT molecular complexity index is 361. The molecule has 0 heterocycles. The number of aliphatic hydroxyl groups is 1. The average molecular weight is 188 g/mol. The predicted octanol–water partition coefficient (Wildman–Crippen LogP) is 2.41. The fraction of sp³-hybridized carbons (Fsp3) is 0.538. The van der Waals surface area contributed by atoms with E-state index in [1.807, 2.05) is 0 Å². The highest BCUT2D eigenvalue weighted by atomic mass is 16.3. The molecule has 0 atom stereocenters. The molecular weight excluding hydrogens is 172 g/mol. The van der Waals surface area contributed by atoms with Crippen molar-refractivity contribution in [3.63, 3.8) is 0 Å². The van der Waals surface area contributed by atoms with E-state index in [1.54, 1.807) is 0 Å². The van der Waals surface area contributed by atoms with Crippen LogP contribution in [-0.4, -0.2) is 11.7 Å². The summed E-state index contributed by atoms with van der Waals surface area (Å²) in [6.45, 7) is 2.54. The first-order valence-corrected chi connectivity index (χ1v) is 5.36. The Morgan fingerprint density at radius 1 is 1.29 bits per heavy atom. The van der Waals surface area contributed by atoms with Crippen molar-refractivity contribution in [2.75, 3.05) is 6.61 Å². The van der Waals surface area contributed by atoms with Crippen molar-refractivity contribution in [1.82, 2.24) is 0 Å². The van der Waals surface area contributed by atoms with Gasteiger partial charge >= 0.3 is 0 Å². The van der Waals surface area contributed by atoms with Gasteiger partial charge in [0.2, 0.25) is 0 Å². The van der Waals surface area contributed by atoms with Crippen LogP contribution in [0.15, 0.2) is 24.3 Å². The topological polar surface area (TPSA) is 20.2 Å². The van der Waals surface area contributed by atoms with Crippen molar-refractivity contribution >= 4 is 0 Å². The highest BCUT2D eigenvalue weighted by Gasteiger charge is 2.67. The first kappa shape index (κ1) is 8.49.